The number of aryl methyl sites for hydroxylation is 1. The van der Waals surface area contributed by atoms with Crippen LogP contribution >= 0.6 is 11.3 Å². The van der Waals surface area contributed by atoms with Gasteiger partial charge in [-0.1, -0.05) is 0 Å². The average Bonchev–Trinajstić information content (AvgIpc) is 2.70. The van der Waals surface area contributed by atoms with Crippen molar-refractivity contribution >= 4 is 23.3 Å². The van der Waals surface area contributed by atoms with E-state index in [9.17, 15) is 9.59 Å². The van der Waals surface area contributed by atoms with Crippen LogP contribution < -0.4 is 10.6 Å². The maximum atomic E-state index is 11.3. The quantitative estimate of drug-likeness (QED) is 0.783. The Balaban J connectivity index is 2.22. The Morgan fingerprint density at radius 2 is 2.18 bits per heavy atom. The third-order valence-corrected chi connectivity index (χ3v) is 3.10. The first-order valence-electron chi connectivity index (χ1n) is 5.33. The molecule has 2 N–H and O–H groups in total. The highest BCUT2D eigenvalue weighted by molar-refractivity contribution is 7.10. The molecule has 0 fully saturated rings. The first-order valence-corrected chi connectivity index (χ1v) is 6.21. The lowest BCUT2D eigenvalue weighted by atomic mass is 10.3. The molecule has 5 nitrogen and oxygen atoms in total. The Morgan fingerprint density at radius 3 is 2.76 bits per heavy atom. The van der Waals surface area contributed by atoms with Crippen molar-refractivity contribution in [1.29, 1.82) is 0 Å². The molecule has 0 atom stereocenters. The zero-order valence-electron chi connectivity index (χ0n) is 9.91. The SMILES string of the molecule is CCOC(=O)CNC(=O)NCc1sccc1C. The summed E-state index contributed by atoms with van der Waals surface area (Å²) >= 11 is 1.59. The van der Waals surface area contributed by atoms with Crippen LogP contribution in [0.3, 0.4) is 0 Å². The molecule has 0 aliphatic rings. The minimum atomic E-state index is -0.435. The van der Waals surface area contributed by atoms with Crippen molar-refractivity contribution < 1.29 is 14.3 Å². The Morgan fingerprint density at radius 1 is 1.41 bits per heavy atom. The highest BCUT2D eigenvalue weighted by Gasteiger charge is 2.06. The van der Waals surface area contributed by atoms with E-state index >= 15 is 0 Å². The van der Waals surface area contributed by atoms with E-state index in [1.165, 1.54) is 0 Å². The number of rotatable bonds is 5. The molecule has 0 saturated heterocycles. The van der Waals surface area contributed by atoms with Gasteiger partial charge in [0, 0.05) is 4.88 Å². The monoisotopic (exact) mass is 256 g/mol. The molecule has 1 aromatic heterocycles. The summed E-state index contributed by atoms with van der Waals surface area (Å²) in [6, 6.07) is 1.63. The molecule has 1 aromatic rings. The normalized spacial score (nSPS) is 9.76. The van der Waals surface area contributed by atoms with Gasteiger partial charge in [-0.15, -0.1) is 11.3 Å². The molecular formula is C11H16N2O3S. The van der Waals surface area contributed by atoms with E-state index in [1.807, 2.05) is 18.4 Å². The lowest BCUT2D eigenvalue weighted by Gasteiger charge is -2.06. The zero-order valence-corrected chi connectivity index (χ0v) is 10.7. The summed E-state index contributed by atoms with van der Waals surface area (Å²) in [6.07, 6.45) is 0. The van der Waals surface area contributed by atoms with E-state index in [0.717, 1.165) is 10.4 Å². The molecule has 1 rings (SSSR count). The molecule has 1 heterocycles. The summed E-state index contributed by atoms with van der Waals surface area (Å²) in [5.74, 6) is -0.435. The van der Waals surface area contributed by atoms with Crippen molar-refractivity contribution in [2.45, 2.75) is 20.4 Å². The molecule has 94 valence electrons. The van der Waals surface area contributed by atoms with Crippen LogP contribution in [0.4, 0.5) is 4.79 Å². The smallest absolute Gasteiger partial charge is 0.325 e. The summed E-state index contributed by atoms with van der Waals surface area (Å²) in [5.41, 5.74) is 1.15. The summed E-state index contributed by atoms with van der Waals surface area (Å²) < 4.78 is 4.68. The average molecular weight is 256 g/mol. The third-order valence-electron chi connectivity index (χ3n) is 2.08. The van der Waals surface area contributed by atoms with E-state index in [4.69, 9.17) is 0 Å². The molecule has 0 aromatic carbocycles. The molecular weight excluding hydrogens is 240 g/mol. The number of hydrogen-bond donors (Lipinski definition) is 2. The Hall–Kier alpha value is -1.56. The van der Waals surface area contributed by atoms with Crippen molar-refractivity contribution in [3.05, 3.63) is 21.9 Å². The number of esters is 1. The number of amides is 2. The van der Waals surface area contributed by atoms with Crippen LogP contribution in [0.15, 0.2) is 11.4 Å². The zero-order chi connectivity index (χ0) is 12.7. The van der Waals surface area contributed by atoms with E-state index in [2.05, 4.69) is 15.4 Å². The minimum absolute atomic E-state index is 0.108. The summed E-state index contributed by atoms with van der Waals surface area (Å²) in [4.78, 5) is 23.4. The highest BCUT2D eigenvalue weighted by atomic mass is 32.1. The second-order valence-corrected chi connectivity index (χ2v) is 4.37. The Kier molecular flexibility index (Phi) is 5.48. The highest BCUT2D eigenvalue weighted by Crippen LogP contribution is 2.14. The molecule has 0 aliphatic carbocycles. The fourth-order valence-corrected chi connectivity index (χ4v) is 2.02. The van der Waals surface area contributed by atoms with Gasteiger partial charge in [-0.05, 0) is 30.9 Å². The standard InChI is InChI=1S/C11H16N2O3S/c1-3-16-10(14)7-13-11(15)12-6-9-8(2)4-5-17-9/h4-5H,3,6-7H2,1-2H3,(H2,12,13,15). The van der Waals surface area contributed by atoms with Crippen molar-refractivity contribution in [1.82, 2.24) is 10.6 Å². The van der Waals surface area contributed by atoms with Crippen LogP contribution in [0.25, 0.3) is 0 Å². The van der Waals surface area contributed by atoms with Gasteiger partial charge >= 0.3 is 12.0 Å². The Labute approximate surface area is 104 Å². The number of nitrogens with one attached hydrogen (secondary N) is 2. The predicted molar refractivity (Wildman–Crippen MR) is 65.9 cm³/mol. The van der Waals surface area contributed by atoms with E-state index in [0.29, 0.717) is 13.2 Å². The van der Waals surface area contributed by atoms with Crippen LogP contribution in [-0.4, -0.2) is 25.2 Å². The molecule has 17 heavy (non-hydrogen) atoms. The third kappa shape index (κ3) is 4.86. The van der Waals surface area contributed by atoms with Gasteiger partial charge in [0.2, 0.25) is 0 Å². The van der Waals surface area contributed by atoms with Crippen molar-refractivity contribution in [3.63, 3.8) is 0 Å². The lowest BCUT2D eigenvalue weighted by Crippen LogP contribution is -2.38. The number of hydrogen-bond acceptors (Lipinski definition) is 4. The van der Waals surface area contributed by atoms with E-state index < -0.39 is 5.97 Å². The number of thiophene rings is 1. The minimum Gasteiger partial charge on any atom is -0.465 e. The number of ether oxygens (including phenoxy) is 1. The van der Waals surface area contributed by atoms with Gasteiger partial charge in [0.15, 0.2) is 0 Å². The topological polar surface area (TPSA) is 67.4 Å². The molecule has 6 heteroatoms. The Bertz CT molecular complexity index is 390. The molecule has 0 spiro atoms. The first-order chi connectivity index (χ1) is 8.13. The van der Waals surface area contributed by atoms with Gasteiger partial charge in [-0.3, -0.25) is 4.79 Å². The molecule has 0 aliphatic heterocycles. The van der Waals surface area contributed by atoms with Gasteiger partial charge < -0.3 is 15.4 Å². The van der Waals surface area contributed by atoms with Crippen molar-refractivity contribution in [3.8, 4) is 0 Å². The second-order valence-electron chi connectivity index (χ2n) is 3.37. The van der Waals surface area contributed by atoms with Crippen LogP contribution in [-0.2, 0) is 16.1 Å². The van der Waals surface area contributed by atoms with Crippen LogP contribution in [0.1, 0.15) is 17.4 Å². The summed E-state index contributed by atoms with van der Waals surface area (Å²) in [5, 5.41) is 7.08. The van der Waals surface area contributed by atoms with Crippen LogP contribution in [0.2, 0.25) is 0 Å². The van der Waals surface area contributed by atoms with Gasteiger partial charge in [0.25, 0.3) is 0 Å². The van der Waals surface area contributed by atoms with Gasteiger partial charge in [0.1, 0.15) is 6.54 Å². The molecule has 0 unspecified atom stereocenters. The number of urea groups is 1. The fourth-order valence-electron chi connectivity index (χ4n) is 1.17. The molecule has 0 saturated carbocycles. The first kappa shape index (κ1) is 13.5. The fraction of sp³-hybridized carbons (Fsp3) is 0.455. The molecule has 0 radical (unpaired) electrons. The van der Waals surface area contributed by atoms with Crippen LogP contribution in [0.5, 0.6) is 0 Å². The number of carbonyl (C=O) groups excluding carboxylic acids is 2. The van der Waals surface area contributed by atoms with Gasteiger partial charge in [-0.2, -0.15) is 0 Å². The van der Waals surface area contributed by atoms with Crippen LogP contribution in [0, 0.1) is 6.92 Å². The van der Waals surface area contributed by atoms with Gasteiger partial charge in [0.05, 0.1) is 13.2 Å². The van der Waals surface area contributed by atoms with Crippen molar-refractivity contribution in [2.24, 2.45) is 0 Å². The summed E-state index contributed by atoms with van der Waals surface area (Å²) in [7, 11) is 0. The molecule has 0 bridgehead atoms. The lowest BCUT2D eigenvalue weighted by molar-refractivity contribution is -0.141. The maximum Gasteiger partial charge on any atom is 0.325 e. The second kappa shape index (κ2) is 6.90. The van der Waals surface area contributed by atoms with Crippen molar-refractivity contribution in [2.75, 3.05) is 13.2 Å². The maximum absolute atomic E-state index is 11.3. The molecule has 2 amide bonds. The number of carbonyl (C=O) groups is 2. The summed E-state index contributed by atoms with van der Waals surface area (Å²) in [6.45, 7) is 4.39. The van der Waals surface area contributed by atoms with E-state index in [1.54, 1.807) is 18.3 Å². The van der Waals surface area contributed by atoms with Gasteiger partial charge in [-0.25, -0.2) is 4.79 Å². The largest absolute Gasteiger partial charge is 0.465 e. The van der Waals surface area contributed by atoms with E-state index in [-0.39, 0.29) is 12.6 Å². The predicted octanol–water partition coefficient (Wildman–Crippen LogP) is 1.42.